The highest BCUT2D eigenvalue weighted by molar-refractivity contribution is 6.35. The number of carbonyl (C=O) groups excluding carboxylic acids is 1. The average molecular weight is 377 g/mol. The summed E-state index contributed by atoms with van der Waals surface area (Å²) in [5, 5.41) is 4.46. The van der Waals surface area contributed by atoms with Crippen molar-refractivity contribution in [3.8, 4) is 0 Å². The number of carbonyl (C=O) groups is 1. The van der Waals surface area contributed by atoms with Crippen molar-refractivity contribution in [2.75, 3.05) is 13.1 Å². The minimum Gasteiger partial charge on any atom is -0.352 e. The van der Waals surface area contributed by atoms with E-state index in [1.807, 2.05) is 48.5 Å². The van der Waals surface area contributed by atoms with Gasteiger partial charge in [-0.15, -0.1) is 0 Å². The molecule has 0 unspecified atom stereocenters. The van der Waals surface area contributed by atoms with Gasteiger partial charge in [-0.05, 0) is 43.6 Å². The standard InChI is InChI=1S/C20H22Cl2N2O/c21-18-7-4-8-19(22)17(18)14-24-11-9-16(10-12-24)20(25)23-13-15-5-2-1-3-6-15/h1-8,16H,9-14H2,(H,23,25). The molecule has 0 bridgehead atoms. The molecule has 0 spiro atoms. The predicted molar refractivity (Wildman–Crippen MR) is 103 cm³/mol. The third-order valence-electron chi connectivity index (χ3n) is 4.71. The Morgan fingerprint density at radius 2 is 1.64 bits per heavy atom. The van der Waals surface area contributed by atoms with Crippen molar-refractivity contribution in [3.63, 3.8) is 0 Å². The van der Waals surface area contributed by atoms with Crippen LogP contribution in [-0.4, -0.2) is 23.9 Å². The number of hydrogen-bond acceptors (Lipinski definition) is 2. The number of benzene rings is 2. The van der Waals surface area contributed by atoms with Crippen LogP contribution in [0.4, 0.5) is 0 Å². The average Bonchev–Trinajstić information content (AvgIpc) is 2.64. The molecule has 3 nitrogen and oxygen atoms in total. The number of likely N-dealkylation sites (tertiary alicyclic amines) is 1. The van der Waals surface area contributed by atoms with E-state index in [0.717, 1.165) is 43.6 Å². The molecule has 1 saturated heterocycles. The third kappa shape index (κ3) is 4.97. The summed E-state index contributed by atoms with van der Waals surface area (Å²) in [6.07, 6.45) is 1.73. The Morgan fingerprint density at radius 3 is 2.28 bits per heavy atom. The second-order valence-electron chi connectivity index (χ2n) is 6.45. The van der Waals surface area contributed by atoms with Crippen molar-refractivity contribution in [3.05, 3.63) is 69.7 Å². The van der Waals surface area contributed by atoms with Gasteiger partial charge in [-0.1, -0.05) is 59.6 Å². The summed E-state index contributed by atoms with van der Waals surface area (Å²) in [6, 6.07) is 15.6. The van der Waals surface area contributed by atoms with Crippen molar-refractivity contribution in [1.82, 2.24) is 10.2 Å². The molecular weight excluding hydrogens is 355 g/mol. The highest BCUT2D eigenvalue weighted by atomic mass is 35.5. The molecule has 2 aromatic carbocycles. The van der Waals surface area contributed by atoms with Gasteiger partial charge in [0, 0.05) is 34.6 Å². The van der Waals surface area contributed by atoms with Crippen LogP contribution in [0.25, 0.3) is 0 Å². The fourth-order valence-corrected chi connectivity index (χ4v) is 3.71. The first kappa shape index (κ1) is 18.2. The predicted octanol–water partition coefficient (Wildman–Crippen LogP) is 4.52. The molecule has 1 aliphatic heterocycles. The molecule has 25 heavy (non-hydrogen) atoms. The smallest absolute Gasteiger partial charge is 0.223 e. The van der Waals surface area contributed by atoms with E-state index in [1.54, 1.807) is 0 Å². The minimum absolute atomic E-state index is 0.0849. The van der Waals surface area contributed by atoms with E-state index in [9.17, 15) is 4.79 Å². The van der Waals surface area contributed by atoms with Gasteiger partial charge in [-0.2, -0.15) is 0 Å². The van der Waals surface area contributed by atoms with Crippen LogP contribution in [0.1, 0.15) is 24.0 Å². The summed E-state index contributed by atoms with van der Waals surface area (Å²) < 4.78 is 0. The topological polar surface area (TPSA) is 32.3 Å². The number of rotatable bonds is 5. The van der Waals surface area contributed by atoms with E-state index in [4.69, 9.17) is 23.2 Å². The number of halogens is 2. The molecule has 1 aliphatic rings. The lowest BCUT2D eigenvalue weighted by atomic mass is 9.95. The maximum Gasteiger partial charge on any atom is 0.223 e. The zero-order valence-electron chi connectivity index (χ0n) is 14.1. The van der Waals surface area contributed by atoms with Crippen LogP contribution >= 0.6 is 23.2 Å². The van der Waals surface area contributed by atoms with Crippen LogP contribution in [0.3, 0.4) is 0 Å². The van der Waals surface area contributed by atoms with Gasteiger partial charge in [-0.3, -0.25) is 9.69 Å². The largest absolute Gasteiger partial charge is 0.352 e. The van der Waals surface area contributed by atoms with Crippen LogP contribution in [0.5, 0.6) is 0 Å². The summed E-state index contributed by atoms with van der Waals surface area (Å²) in [4.78, 5) is 14.7. The Morgan fingerprint density at radius 1 is 1.00 bits per heavy atom. The third-order valence-corrected chi connectivity index (χ3v) is 5.42. The molecule has 3 rings (SSSR count). The summed E-state index contributed by atoms with van der Waals surface area (Å²) >= 11 is 12.5. The van der Waals surface area contributed by atoms with Gasteiger partial charge in [0.2, 0.25) is 5.91 Å². The molecule has 2 aromatic rings. The maximum atomic E-state index is 12.4. The highest BCUT2D eigenvalue weighted by Gasteiger charge is 2.25. The molecule has 1 N–H and O–H groups in total. The Labute approximate surface area is 158 Å². The summed E-state index contributed by atoms with van der Waals surface area (Å²) in [6.45, 7) is 3.09. The normalized spacial score (nSPS) is 15.9. The zero-order chi connectivity index (χ0) is 17.6. The quantitative estimate of drug-likeness (QED) is 0.831. The van der Waals surface area contributed by atoms with E-state index in [0.29, 0.717) is 16.6 Å². The number of nitrogens with one attached hydrogen (secondary N) is 1. The fourth-order valence-electron chi connectivity index (χ4n) is 3.19. The molecular formula is C20H22Cl2N2O. The van der Waals surface area contributed by atoms with Crippen LogP contribution < -0.4 is 5.32 Å². The SMILES string of the molecule is O=C(NCc1ccccc1)C1CCN(Cc2c(Cl)cccc2Cl)CC1. The Hall–Kier alpha value is -1.55. The first-order valence-electron chi connectivity index (χ1n) is 8.60. The first-order valence-corrected chi connectivity index (χ1v) is 9.36. The first-order chi connectivity index (χ1) is 12.1. The Kier molecular flexibility index (Phi) is 6.35. The minimum atomic E-state index is 0.0849. The van der Waals surface area contributed by atoms with E-state index >= 15 is 0 Å². The summed E-state index contributed by atoms with van der Waals surface area (Å²) in [7, 11) is 0. The van der Waals surface area contributed by atoms with Gasteiger partial charge in [0.05, 0.1) is 0 Å². The lowest BCUT2D eigenvalue weighted by Gasteiger charge is -2.31. The summed E-state index contributed by atoms with van der Waals surface area (Å²) in [5.41, 5.74) is 2.10. The molecule has 1 amide bonds. The molecule has 0 radical (unpaired) electrons. The van der Waals surface area contributed by atoms with E-state index in [2.05, 4.69) is 10.2 Å². The van der Waals surface area contributed by atoms with E-state index in [1.165, 1.54) is 0 Å². The van der Waals surface area contributed by atoms with Crippen LogP contribution in [0.15, 0.2) is 48.5 Å². The Bertz CT molecular complexity index is 693. The van der Waals surface area contributed by atoms with E-state index in [-0.39, 0.29) is 11.8 Å². The second kappa shape index (κ2) is 8.70. The monoisotopic (exact) mass is 376 g/mol. The van der Waals surface area contributed by atoms with Gasteiger partial charge >= 0.3 is 0 Å². The number of piperidine rings is 1. The van der Waals surface area contributed by atoms with Crippen LogP contribution in [0, 0.1) is 5.92 Å². The van der Waals surface area contributed by atoms with Crippen molar-refractivity contribution < 1.29 is 4.79 Å². The molecule has 132 valence electrons. The lowest BCUT2D eigenvalue weighted by molar-refractivity contribution is -0.126. The number of amides is 1. The molecule has 1 heterocycles. The van der Waals surface area contributed by atoms with E-state index < -0.39 is 0 Å². The highest BCUT2D eigenvalue weighted by Crippen LogP contribution is 2.27. The summed E-state index contributed by atoms with van der Waals surface area (Å²) in [5.74, 6) is 0.237. The number of nitrogens with zero attached hydrogens (tertiary/aromatic N) is 1. The molecule has 0 aromatic heterocycles. The van der Waals surface area contributed by atoms with Crippen molar-refractivity contribution in [1.29, 1.82) is 0 Å². The second-order valence-corrected chi connectivity index (χ2v) is 7.27. The van der Waals surface area contributed by atoms with Crippen molar-refractivity contribution in [2.45, 2.75) is 25.9 Å². The fraction of sp³-hybridized carbons (Fsp3) is 0.350. The molecule has 5 heteroatoms. The van der Waals surface area contributed by atoms with Gasteiger partial charge in [-0.25, -0.2) is 0 Å². The maximum absolute atomic E-state index is 12.4. The van der Waals surface area contributed by atoms with Crippen molar-refractivity contribution >= 4 is 29.1 Å². The van der Waals surface area contributed by atoms with Crippen LogP contribution in [0.2, 0.25) is 10.0 Å². The molecule has 1 fully saturated rings. The van der Waals surface area contributed by atoms with Crippen LogP contribution in [-0.2, 0) is 17.9 Å². The molecule has 0 aliphatic carbocycles. The van der Waals surface area contributed by atoms with Gasteiger partial charge in [0.15, 0.2) is 0 Å². The van der Waals surface area contributed by atoms with Gasteiger partial charge in [0.1, 0.15) is 0 Å². The number of hydrogen-bond donors (Lipinski definition) is 1. The Balaban J connectivity index is 1.47. The van der Waals surface area contributed by atoms with Crippen molar-refractivity contribution in [2.24, 2.45) is 5.92 Å². The molecule has 0 atom stereocenters. The van der Waals surface area contributed by atoms with Gasteiger partial charge in [0.25, 0.3) is 0 Å². The van der Waals surface area contributed by atoms with Gasteiger partial charge < -0.3 is 5.32 Å². The zero-order valence-corrected chi connectivity index (χ0v) is 15.6. The lowest BCUT2D eigenvalue weighted by Crippen LogP contribution is -2.40. The molecule has 0 saturated carbocycles.